The van der Waals surface area contributed by atoms with E-state index in [9.17, 15) is 9.18 Å². The van der Waals surface area contributed by atoms with Crippen LogP contribution in [0.5, 0.6) is 17.6 Å². The maximum atomic E-state index is 17.5. The van der Waals surface area contributed by atoms with Gasteiger partial charge in [-0.2, -0.15) is 9.97 Å². The van der Waals surface area contributed by atoms with Crippen LogP contribution in [0, 0.1) is 24.0 Å². The summed E-state index contributed by atoms with van der Waals surface area (Å²) in [5.41, 5.74) is -1.46. The molecule has 2 bridgehead atoms. The van der Waals surface area contributed by atoms with E-state index in [0.717, 1.165) is 25.8 Å². The molecule has 15 heteroatoms. The number of carbonyl (C=O) groups excluding carboxylic acids is 1. The average Bonchev–Trinajstić information content (AvgIpc) is 3.76. The molecule has 1 amide bonds. The van der Waals surface area contributed by atoms with Crippen LogP contribution in [0.2, 0.25) is 0 Å². The first-order valence-corrected chi connectivity index (χ1v) is 19.1. The van der Waals surface area contributed by atoms with Crippen LogP contribution < -0.4 is 19.1 Å². The molecule has 5 atom stereocenters. The standard InChI is InChI=1S/C41H43F3N6O6/c1-6-26-28(43)10-8-22-14-25(55-21-52-5)15-27(31(22)26)34-33(44)35-32-36(47-38(46-35)54-20-41-12-7-13-48(41)17-23(42)16-41)49-18-24-9-11-29(30(49)19-53-37(32)45-34)50(24)39(51)56-40(2,3)4/h1,8,10,14-15,23-24,29-30H,7,9,11-13,16-21H2,2-5H3/t23-,24+,29-,30+,41-/m0/s1. The number of fused-ring (bicyclic) bond motifs is 7. The highest BCUT2D eigenvalue weighted by Crippen LogP contribution is 2.47. The minimum absolute atomic E-state index is 0.0543. The van der Waals surface area contributed by atoms with Crippen molar-refractivity contribution < 1.29 is 41.7 Å². The van der Waals surface area contributed by atoms with Gasteiger partial charge in [0.05, 0.1) is 29.2 Å². The average molecular weight is 773 g/mol. The van der Waals surface area contributed by atoms with E-state index in [2.05, 4.69) is 15.8 Å². The first-order chi connectivity index (χ1) is 26.9. The molecule has 56 heavy (non-hydrogen) atoms. The van der Waals surface area contributed by atoms with Gasteiger partial charge in [0.1, 0.15) is 59.0 Å². The molecule has 2 aromatic heterocycles. The molecule has 5 aliphatic rings. The Morgan fingerprint density at radius 3 is 2.71 bits per heavy atom. The van der Waals surface area contributed by atoms with Crippen LogP contribution >= 0.6 is 0 Å². The monoisotopic (exact) mass is 772 g/mol. The Labute approximate surface area is 322 Å². The maximum absolute atomic E-state index is 17.5. The van der Waals surface area contributed by atoms with E-state index in [4.69, 9.17) is 40.1 Å². The number of methoxy groups -OCH3 is 1. The zero-order valence-corrected chi connectivity index (χ0v) is 31.7. The number of terminal acetylenes is 1. The number of amides is 1. The molecule has 294 valence electrons. The lowest BCUT2D eigenvalue weighted by molar-refractivity contribution is 0.00537. The van der Waals surface area contributed by atoms with Gasteiger partial charge in [0.25, 0.3) is 0 Å². The summed E-state index contributed by atoms with van der Waals surface area (Å²) in [6.45, 7) is 7.07. The first kappa shape index (κ1) is 36.6. The topological polar surface area (TPSA) is 112 Å². The minimum Gasteiger partial charge on any atom is -0.475 e. The highest BCUT2D eigenvalue weighted by Gasteiger charge is 2.52. The van der Waals surface area contributed by atoms with Gasteiger partial charge in [-0.3, -0.25) is 9.80 Å². The molecular weight excluding hydrogens is 729 g/mol. The third kappa shape index (κ3) is 6.00. The van der Waals surface area contributed by atoms with E-state index in [-0.39, 0.29) is 77.1 Å². The minimum atomic E-state index is -0.972. The number of carbonyl (C=O) groups is 1. The maximum Gasteiger partial charge on any atom is 0.410 e. The molecule has 2 aromatic carbocycles. The van der Waals surface area contributed by atoms with E-state index in [1.54, 1.807) is 11.0 Å². The van der Waals surface area contributed by atoms with Crippen molar-refractivity contribution >= 4 is 33.6 Å². The summed E-state index contributed by atoms with van der Waals surface area (Å²) in [7, 11) is 1.47. The van der Waals surface area contributed by atoms with Crippen LogP contribution in [0.4, 0.5) is 23.8 Å². The molecular formula is C41H43F3N6O6. The molecule has 9 rings (SSSR count). The highest BCUT2D eigenvalue weighted by atomic mass is 19.1. The molecule has 12 nitrogen and oxygen atoms in total. The van der Waals surface area contributed by atoms with Gasteiger partial charge in [0.2, 0.25) is 5.88 Å². The second-order valence-electron chi connectivity index (χ2n) is 16.4. The Morgan fingerprint density at radius 2 is 1.93 bits per heavy atom. The molecule has 0 unspecified atom stereocenters. The summed E-state index contributed by atoms with van der Waals surface area (Å²) in [5.74, 6) is 1.65. The Morgan fingerprint density at radius 1 is 1.09 bits per heavy atom. The summed E-state index contributed by atoms with van der Waals surface area (Å²) < 4.78 is 77.2. The number of pyridine rings is 1. The van der Waals surface area contributed by atoms with E-state index in [1.807, 2.05) is 25.7 Å². The third-order valence-electron chi connectivity index (χ3n) is 11.8. The Kier molecular flexibility index (Phi) is 8.85. The number of rotatable bonds is 7. The van der Waals surface area contributed by atoms with Crippen molar-refractivity contribution in [1.29, 1.82) is 0 Å². The molecule has 4 aromatic rings. The number of hydrogen-bond donors (Lipinski definition) is 0. The van der Waals surface area contributed by atoms with E-state index in [0.29, 0.717) is 42.9 Å². The molecule has 0 radical (unpaired) electrons. The Bertz CT molecular complexity index is 2300. The van der Waals surface area contributed by atoms with E-state index < -0.39 is 41.1 Å². The number of benzene rings is 2. The number of alkyl halides is 1. The van der Waals surface area contributed by atoms with Gasteiger partial charge in [0, 0.05) is 37.6 Å². The summed E-state index contributed by atoms with van der Waals surface area (Å²) in [5, 5.41) is 0.970. The second kappa shape index (κ2) is 13.5. The lowest BCUT2D eigenvalue weighted by atomic mass is 9.95. The van der Waals surface area contributed by atoms with Crippen molar-refractivity contribution in [2.75, 3.05) is 51.7 Å². The summed E-state index contributed by atoms with van der Waals surface area (Å²) in [4.78, 5) is 33.9. The normalized spacial score (nSPS) is 25.5. The zero-order chi connectivity index (χ0) is 39.1. The fourth-order valence-corrected chi connectivity index (χ4v) is 9.50. The molecule has 0 aliphatic carbocycles. The number of piperazine rings is 1. The molecule has 0 N–H and O–H groups in total. The van der Waals surface area contributed by atoms with Crippen molar-refractivity contribution in [1.82, 2.24) is 24.8 Å². The molecule has 0 spiro atoms. The number of halogens is 3. The van der Waals surface area contributed by atoms with Crippen molar-refractivity contribution in [3.8, 4) is 41.2 Å². The number of nitrogens with zero attached hydrogens (tertiary/aromatic N) is 6. The van der Waals surface area contributed by atoms with Crippen molar-refractivity contribution in [3.63, 3.8) is 0 Å². The van der Waals surface area contributed by atoms with Crippen LogP contribution in [-0.4, -0.2) is 113 Å². The number of ether oxygens (including phenoxy) is 5. The fraction of sp³-hybridized carbons (Fsp3) is 0.512. The SMILES string of the molecule is C#Cc1c(F)ccc2cc(OCOC)cc(-c3nc4c5c(nc(OC[C@@]67CCCN6C[C@@H](F)C7)nc5c3F)N3C[C@H]5CC[C@@H]([C@H]3CO4)N5C(=O)OC(C)(C)C)c12. The van der Waals surface area contributed by atoms with Gasteiger partial charge in [-0.25, -0.2) is 22.9 Å². The molecule has 7 heterocycles. The molecule has 0 saturated carbocycles. The van der Waals surface area contributed by atoms with Crippen LogP contribution in [0.1, 0.15) is 58.4 Å². The lowest BCUT2D eigenvalue weighted by Gasteiger charge is -2.46. The predicted octanol–water partition coefficient (Wildman–Crippen LogP) is 6.39. The zero-order valence-electron chi connectivity index (χ0n) is 31.7. The van der Waals surface area contributed by atoms with Crippen LogP contribution in [-0.2, 0) is 9.47 Å². The lowest BCUT2D eigenvalue weighted by Crippen LogP contribution is -2.63. The number of anilines is 1. The molecule has 5 aliphatic heterocycles. The Balaban J connectivity index is 1.21. The van der Waals surface area contributed by atoms with Crippen LogP contribution in [0.25, 0.3) is 32.9 Å². The van der Waals surface area contributed by atoms with Crippen LogP contribution in [0.3, 0.4) is 0 Å². The van der Waals surface area contributed by atoms with Crippen molar-refractivity contribution in [2.24, 2.45) is 0 Å². The van der Waals surface area contributed by atoms with E-state index in [1.165, 1.54) is 25.3 Å². The highest BCUT2D eigenvalue weighted by molar-refractivity contribution is 6.04. The fourth-order valence-electron chi connectivity index (χ4n) is 9.50. The third-order valence-corrected chi connectivity index (χ3v) is 11.8. The smallest absolute Gasteiger partial charge is 0.410 e. The van der Waals surface area contributed by atoms with Gasteiger partial charge in [-0.1, -0.05) is 12.0 Å². The molecule has 4 fully saturated rings. The predicted molar refractivity (Wildman–Crippen MR) is 201 cm³/mol. The van der Waals surface area contributed by atoms with Gasteiger partial charge in [-0.15, -0.1) is 6.42 Å². The number of hydrogen-bond acceptors (Lipinski definition) is 11. The van der Waals surface area contributed by atoms with Gasteiger partial charge in [-0.05, 0) is 76.6 Å². The largest absolute Gasteiger partial charge is 0.475 e. The Hall–Kier alpha value is -5.07. The quantitative estimate of drug-likeness (QED) is 0.154. The molecule has 4 saturated heterocycles. The summed E-state index contributed by atoms with van der Waals surface area (Å²) >= 11 is 0. The van der Waals surface area contributed by atoms with Crippen LogP contribution in [0.15, 0.2) is 24.3 Å². The van der Waals surface area contributed by atoms with Gasteiger partial charge >= 0.3 is 12.1 Å². The summed E-state index contributed by atoms with van der Waals surface area (Å²) in [6.07, 6.45) is 7.89. The van der Waals surface area contributed by atoms with Crippen molar-refractivity contribution in [2.45, 2.75) is 88.3 Å². The summed E-state index contributed by atoms with van der Waals surface area (Å²) in [6, 6.07) is 4.97. The first-order valence-electron chi connectivity index (χ1n) is 19.1. The van der Waals surface area contributed by atoms with E-state index >= 15 is 8.78 Å². The second-order valence-corrected chi connectivity index (χ2v) is 16.4. The van der Waals surface area contributed by atoms with Gasteiger partial charge < -0.3 is 28.6 Å². The number of aromatic nitrogens is 3. The van der Waals surface area contributed by atoms with Gasteiger partial charge in [0.15, 0.2) is 12.6 Å². The van der Waals surface area contributed by atoms with Crippen molar-refractivity contribution in [3.05, 3.63) is 41.5 Å².